The van der Waals surface area contributed by atoms with Crippen LogP contribution >= 0.6 is 27.5 Å². The van der Waals surface area contributed by atoms with Crippen molar-refractivity contribution in [1.82, 2.24) is 15.2 Å². The smallest absolute Gasteiger partial charge is 0.193 e. The van der Waals surface area contributed by atoms with Gasteiger partial charge in [-0.1, -0.05) is 23.7 Å². The first kappa shape index (κ1) is 8.72. The van der Waals surface area contributed by atoms with Gasteiger partial charge in [0.1, 0.15) is 0 Å². The lowest BCUT2D eigenvalue weighted by atomic mass is 10.2. The van der Waals surface area contributed by atoms with Crippen molar-refractivity contribution in [2.24, 2.45) is 0 Å². The molecule has 0 radical (unpaired) electrons. The maximum absolute atomic E-state index is 5.82. The molecule has 0 bridgehead atoms. The number of halogens is 2. The SMILES string of the molecule is Clc1cccc(-c2n[nH]c(Br)n2)c1. The van der Waals surface area contributed by atoms with Gasteiger partial charge in [-0.15, -0.1) is 0 Å². The Morgan fingerprint density at radius 2 is 2.23 bits per heavy atom. The maximum atomic E-state index is 5.82. The molecule has 2 rings (SSSR count). The fourth-order valence-corrected chi connectivity index (χ4v) is 1.45. The predicted octanol–water partition coefficient (Wildman–Crippen LogP) is 2.89. The number of rotatable bonds is 1. The van der Waals surface area contributed by atoms with Crippen LogP contribution in [0.25, 0.3) is 11.4 Å². The average molecular weight is 259 g/mol. The molecule has 0 aliphatic heterocycles. The molecule has 3 nitrogen and oxygen atoms in total. The van der Waals surface area contributed by atoms with E-state index in [9.17, 15) is 0 Å². The Kier molecular flexibility index (Phi) is 2.33. The summed E-state index contributed by atoms with van der Waals surface area (Å²) >= 11 is 9.01. The first-order chi connectivity index (χ1) is 6.25. The highest BCUT2D eigenvalue weighted by molar-refractivity contribution is 9.10. The van der Waals surface area contributed by atoms with E-state index in [1.54, 1.807) is 0 Å². The van der Waals surface area contributed by atoms with Crippen LogP contribution in [0.3, 0.4) is 0 Å². The molecule has 0 aliphatic rings. The number of H-pyrrole nitrogens is 1. The average Bonchev–Trinajstić information content (AvgIpc) is 2.52. The summed E-state index contributed by atoms with van der Waals surface area (Å²) in [6.45, 7) is 0. The van der Waals surface area contributed by atoms with Gasteiger partial charge in [0.25, 0.3) is 0 Å². The van der Waals surface area contributed by atoms with E-state index in [2.05, 4.69) is 31.1 Å². The molecule has 1 heterocycles. The van der Waals surface area contributed by atoms with E-state index in [0.29, 0.717) is 15.6 Å². The quantitative estimate of drug-likeness (QED) is 0.854. The number of benzene rings is 1. The molecule has 1 N–H and O–H groups in total. The molecule has 0 amide bonds. The summed E-state index contributed by atoms with van der Waals surface area (Å²) in [7, 11) is 0. The van der Waals surface area contributed by atoms with Crippen molar-refractivity contribution >= 4 is 27.5 Å². The van der Waals surface area contributed by atoms with Crippen molar-refractivity contribution in [3.05, 3.63) is 34.0 Å². The van der Waals surface area contributed by atoms with Crippen LogP contribution < -0.4 is 0 Å². The van der Waals surface area contributed by atoms with Crippen LogP contribution in [0.15, 0.2) is 29.0 Å². The third-order valence-corrected chi connectivity index (χ3v) is 2.13. The van der Waals surface area contributed by atoms with Gasteiger partial charge >= 0.3 is 0 Å². The van der Waals surface area contributed by atoms with Gasteiger partial charge in [-0.05, 0) is 28.1 Å². The Balaban J connectivity index is 2.46. The molecular formula is C8H5BrClN3. The molecule has 1 aromatic heterocycles. The minimum atomic E-state index is 0.613. The van der Waals surface area contributed by atoms with Crippen molar-refractivity contribution < 1.29 is 0 Å². The zero-order valence-electron chi connectivity index (χ0n) is 6.46. The van der Waals surface area contributed by atoms with Gasteiger partial charge in [0, 0.05) is 10.6 Å². The van der Waals surface area contributed by atoms with Gasteiger partial charge in [0.2, 0.25) is 0 Å². The molecule has 13 heavy (non-hydrogen) atoms. The van der Waals surface area contributed by atoms with Gasteiger partial charge in [-0.25, -0.2) is 4.98 Å². The van der Waals surface area contributed by atoms with Crippen LogP contribution in [0.5, 0.6) is 0 Å². The molecule has 0 atom stereocenters. The zero-order valence-corrected chi connectivity index (χ0v) is 8.80. The molecule has 1 aromatic carbocycles. The fourth-order valence-electron chi connectivity index (χ4n) is 0.999. The molecule has 0 aliphatic carbocycles. The molecule has 2 aromatic rings. The van der Waals surface area contributed by atoms with E-state index in [1.165, 1.54) is 0 Å². The second-order valence-electron chi connectivity index (χ2n) is 2.46. The van der Waals surface area contributed by atoms with Crippen LogP contribution in [0, 0.1) is 0 Å². The first-order valence-corrected chi connectivity index (χ1v) is 4.76. The highest BCUT2D eigenvalue weighted by Crippen LogP contribution is 2.19. The van der Waals surface area contributed by atoms with Gasteiger partial charge in [0.05, 0.1) is 0 Å². The Morgan fingerprint density at radius 3 is 2.85 bits per heavy atom. The van der Waals surface area contributed by atoms with Crippen LogP contribution in [-0.2, 0) is 0 Å². The van der Waals surface area contributed by atoms with Crippen molar-refractivity contribution in [3.8, 4) is 11.4 Å². The molecule has 0 saturated heterocycles. The Bertz CT molecular complexity index is 427. The van der Waals surface area contributed by atoms with E-state index in [-0.39, 0.29) is 0 Å². The Morgan fingerprint density at radius 1 is 1.38 bits per heavy atom. The van der Waals surface area contributed by atoms with Crippen LogP contribution in [0.2, 0.25) is 5.02 Å². The van der Waals surface area contributed by atoms with Crippen molar-refractivity contribution in [2.75, 3.05) is 0 Å². The fraction of sp³-hybridized carbons (Fsp3) is 0. The Labute approximate surface area is 88.3 Å². The second kappa shape index (κ2) is 3.47. The highest BCUT2D eigenvalue weighted by Gasteiger charge is 2.03. The third kappa shape index (κ3) is 1.89. The lowest BCUT2D eigenvalue weighted by molar-refractivity contribution is 1.07. The normalized spacial score (nSPS) is 10.3. The van der Waals surface area contributed by atoms with Gasteiger partial charge in [-0.3, -0.25) is 5.10 Å². The van der Waals surface area contributed by atoms with Crippen molar-refractivity contribution in [3.63, 3.8) is 0 Å². The van der Waals surface area contributed by atoms with Crippen LogP contribution in [0.1, 0.15) is 0 Å². The number of aromatic nitrogens is 3. The lowest BCUT2D eigenvalue weighted by Crippen LogP contribution is -1.79. The molecule has 0 saturated carbocycles. The van der Waals surface area contributed by atoms with E-state index < -0.39 is 0 Å². The molecule has 0 fully saturated rings. The molecular weight excluding hydrogens is 253 g/mol. The largest absolute Gasteiger partial charge is 0.253 e. The van der Waals surface area contributed by atoms with Gasteiger partial charge < -0.3 is 0 Å². The minimum Gasteiger partial charge on any atom is -0.253 e. The van der Waals surface area contributed by atoms with Crippen LogP contribution in [0.4, 0.5) is 0 Å². The molecule has 66 valence electrons. The minimum absolute atomic E-state index is 0.613. The monoisotopic (exact) mass is 257 g/mol. The zero-order chi connectivity index (χ0) is 9.26. The summed E-state index contributed by atoms with van der Waals surface area (Å²) < 4.78 is 0.613. The maximum Gasteiger partial charge on any atom is 0.193 e. The molecule has 0 unspecified atom stereocenters. The van der Waals surface area contributed by atoms with Crippen molar-refractivity contribution in [1.29, 1.82) is 0 Å². The van der Waals surface area contributed by atoms with E-state index in [4.69, 9.17) is 11.6 Å². The summed E-state index contributed by atoms with van der Waals surface area (Å²) in [5.74, 6) is 0.634. The highest BCUT2D eigenvalue weighted by atomic mass is 79.9. The summed E-state index contributed by atoms with van der Waals surface area (Å²) in [6.07, 6.45) is 0. The standard InChI is InChI=1S/C8H5BrClN3/c9-8-11-7(12-13-8)5-2-1-3-6(10)4-5/h1-4H,(H,11,12,13). The summed E-state index contributed by atoms with van der Waals surface area (Å²) in [4.78, 5) is 4.11. The number of hydrogen-bond donors (Lipinski definition) is 1. The number of nitrogens with one attached hydrogen (secondary N) is 1. The number of hydrogen-bond acceptors (Lipinski definition) is 2. The lowest BCUT2D eigenvalue weighted by Gasteiger charge is -1.94. The Hall–Kier alpha value is -0.870. The van der Waals surface area contributed by atoms with E-state index in [1.807, 2.05) is 24.3 Å². The summed E-state index contributed by atoms with van der Waals surface area (Å²) in [5.41, 5.74) is 0.898. The van der Waals surface area contributed by atoms with Crippen LogP contribution in [-0.4, -0.2) is 15.2 Å². The second-order valence-corrected chi connectivity index (χ2v) is 3.65. The number of aromatic amines is 1. The van der Waals surface area contributed by atoms with E-state index >= 15 is 0 Å². The van der Waals surface area contributed by atoms with Gasteiger partial charge in [-0.2, -0.15) is 5.10 Å². The summed E-state index contributed by atoms with van der Waals surface area (Å²) in [6, 6.07) is 7.40. The first-order valence-electron chi connectivity index (χ1n) is 3.59. The summed E-state index contributed by atoms with van der Waals surface area (Å²) in [5, 5.41) is 7.36. The van der Waals surface area contributed by atoms with Gasteiger partial charge in [0.15, 0.2) is 10.6 Å². The van der Waals surface area contributed by atoms with Crippen molar-refractivity contribution in [2.45, 2.75) is 0 Å². The number of nitrogens with zero attached hydrogens (tertiary/aromatic N) is 2. The van der Waals surface area contributed by atoms with E-state index in [0.717, 1.165) is 5.56 Å². The predicted molar refractivity (Wildman–Crippen MR) is 54.5 cm³/mol. The molecule has 0 spiro atoms. The third-order valence-electron chi connectivity index (χ3n) is 1.54. The topological polar surface area (TPSA) is 41.6 Å². The molecule has 5 heteroatoms.